The molecule has 1 saturated heterocycles. The Morgan fingerprint density at radius 2 is 1.96 bits per heavy atom. The second-order valence-corrected chi connectivity index (χ2v) is 7.59. The first-order valence-corrected chi connectivity index (χ1v) is 9.23. The van der Waals surface area contributed by atoms with Gasteiger partial charge in [0.2, 0.25) is 10.0 Å². The largest absolute Gasteiger partial charge is 0.481 e. The maximum absolute atomic E-state index is 12.5. The molecule has 7 nitrogen and oxygen atoms in total. The van der Waals surface area contributed by atoms with E-state index in [0.717, 1.165) is 0 Å². The van der Waals surface area contributed by atoms with Crippen molar-refractivity contribution in [2.45, 2.75) is 31.1 Å². The fraction of sp³-hybridized carbons (Fsp3) is 0.500. The maximum Gasteiger partial charge on any atom is 0.311 e. The monoisotopic (exact) mass is 355 g/mol. The molecule has 132 valence electrons. The predicted octanol–water partition coefficient (Wildman–Crippen LogP) is 1.44. The second-order valence-electron chi connectivity index (χ2n) is 5.83. The van der Waals surface area contributed by atoms with Gasteiger partial charge in [-0.1, -0.05) is 19.1 Å². The zero-order valence-electron chi connectivity index (χ0n) is 13.4. The number of carbonyl (C=O) groups excluding carboxylic acids is 1. The smallest absolute Gasteiger partial charge is 0.311 e. The van der Waals surface area contributed by atoms with Crippen molar-refractivity contribution < 1.29 is 27.9 Å². The van der Waals surface area contributed by atoms with Gasteiger partial charge in [0.15, 0.2) is 5.78 Å². The summed E-state index contributed by atoms with van der Waals surface area (Å²) in [5.74, 6) is -1.19. The van der Waals surface area contributed by atoms with Crippen LogP contribution < -0.4 is 4.72 Å². The first-order valence-electron chi connectivity index (χ1n) is 7.75. The van der Waals surface area contributed by atoms with Crippen LogP contribution in [0.25, 0.3) is 0 Å². The van der Waals surface area contributed by atoms with Gasteiger partial charge in [-0.25, -0.2) is 13.1 Å². The summed E-state index contributed by atoms with van der Waals surface area (Å²) in [5.41, 5.74) is -0.846. The molecule has 0 atom stereocenters. The molecular weight excluding hydrogens is 334 g/mol. The number of hydrogen-bond donors (Lipinski definition) is 2. The number of rotatable bonds is 7. The number of ketones is 1. The van der Waals surface area contributed by atoms with Gasteiger partial charge in [0.05, 0.1) is 10.3 Å². The van der Waals surface area contributed by atoms with Crippen LogP contribution in [0.5, 0.6) is 0 Å². The molecule has 1 aliphatic rings. The minimum absolute atomic E-state index is 0.0469. The Morgan fingerprint density at radius 3 is 2.54 bits per heavy atom. The summed E-state index contributed by atoms with van der Waals surface area (Å²) in [5, 5.41) is 9.47. The van der Waals surface area contributed by atoms with Gasteiger partial charge in [0, 0.05) is 31.7 Å². The number of ether oxygens (including phenoxy) is 1. The molecule has 0 unspecified atom stereocenters. The van der Waals surface area contributed by atoms with Crippen LogP contribution in [-0.4, -0.2) is 45.0 Å². The molecule has 0 amide bonds. The van der Waals surface area contributed by atoms with Crippen LogP contribution >= 0.6 is 0 Å². The SMILES string of the molecule is CCC(=O)c1cccc(S(=O)(=O)NCC2(C(=O)O)CCOCC2)c1. The maximum atomic E-state index is 12.5. The molecule has 1 aromatic rings. The predicted molar refractivity (Wildman–Crippen MR) is 86.4 cm³/mol. The molecule has 0 aromatic heterocycles. The minimum Gasteiger partial charge on any atom is -0.481 e. The van der Waals surface area contributed by atoms with Crippen molar-refractivity contribution in [3.63, 3.8) is 0 Å². The average molecular weight is 355 g/mol. The lowest BCUT2D eigenvalue weighted by Crippen LogP contribution is -2.46. The van der Waals surface area contributed by atoms with E-state index < -0.39 is 21.4 Å². The molecule has 1 aliphatic heterocycles. The molecule has 1 aromatic carbocycles. The van der Waals surface area contributed by atoms with Crippen LogP contribution in [0.2, 0.25) is 0 Å². The quantitative estimate of drug-likeness (QED) is 0.716. The molecular formula is C16H21NO6S. The van der Waals surface area contributed by atoms with Gasteiger partial charge >= 0.3 is 5.97 Å². The Bertz CT molecular complexity index is 722. The Morgan fingerprint density at radius 1 is 1.29 bits per heavy atom. The highest BCUT2D eigenvalue weighted by molar-refractivity contribution is 7.89. The summed E-state index contributed by atoms with van der Waals surface area (Å²) in [6.07, 6.45) is 0.775. The lowest BCUT2D eigenvalue weighted by atomic mass is 9.80. The van der Waals surface area contributed by atoms with Gasteiger partial charge in [-0.05, 0) is 25.0 Å². The molecule has 0 spiro atoms. The van der Waals surface area contributed by atoms with Crippen molar-refractivity contribution in [2.75, 3.05) is 19.8 Å². The normalized spacial score (nSPS) is 17.4. The zero-order chi connectivity index (χ0) is 17.8. The molecule has 1 fully saturated rings. The topological polar surface area (TPSA) is 110 Å². The molecule has 8 heteroatoms. The van der Waals surface area contributed by atoms with Crippen molar-refractivity contribution in [1.29, 1.82) is 0 Å². The Hall–Kier alpha value is -1.77. The number of Topliss-reactive ketones (excluding diaryl/α,β-unsaturated/α-hetero) is 1. The van der Waals surface area contributed by atoms with Crippen LogP contribution in [0.3, 0.4) is 0 Å². The summed E-state index contributed by atoms with van der Waals surface area (Å²) in [6.45, 7) is 2.06. The molecule has 24 heavy (non-hydrogen) atoms. The van der Waals surface area contributed by atoms with Crippen LogP contribution in [0.4, 0.5) is 0 Å². The van der Waals surface area contributed by atoms with Crippen molar-refractivity contribution in [2.24, 2.45) is 5.41 Å². The Labute approximate surface area is 141 Å². The third kappa shape index (κ3) is 4.00. The van der Waals surface area contributed by atoms with Gasteiger partial charge in [-0.15, -0.1) is 0 Å². The van der Waals surface area contributed by atoms with Gasteiger partial charge in [-0.2, -0.15) is 0 Å². The van der Waals surface area contributed by atoms with E-state index in [-0.39, 0.29) is 49.7 Å². The first kappa shape index (κ1) is 18.6. The number of benzene rings is 1. The standard InChI is InChI=1S/C16H21NO6S/c1-2-14(18)12-4-3-5-13(10-12)24(21,22)17-11-16(15(19)20)6-8-23-9-7-16/h3-5,10,17H,2,6-9,11H2,1H3,(H,19,20). The summed E-state index contributed by atoms with van der Waals surface area (Å²) < 4.78 is 32.5. The van der Waals surface area contributed by atoms with E-state index >= 15 is 0 Å². The first-order chi connectivity index (χ1) is 11.3. The van der Waals surface area contributed by atoms with Crippen molar-refractivity contribution in [3.05, 3.63) is 29.8 Å². The summed E-state index contributed by atoms with van der Waals surface area (Å²) in [4.78, 5) is 23.3. The Kier molecular flexibility index (Phi) is 5.74. The van der Waals surface area contributed by atoms with Crippen LogP contribution in [0, 0.1) is 5.41 Å². The number of hydrogen-bond acceptors (Lipinski definition) is 5. The van der Waals surface area contributed by atoms with E-state index in [2.05, 4.69) is 4.72 Å². The second kappa shape index (κ2) is 7.42. The Balaban J connectivity index is 2.19. The number of aliphatic carboxylic acids is 1. The molecule has 0 radical (unpaired) electrons. The van der Waals surface area contributed by atoms with Crippen molar-refractivity contribution in [3.8, 4) is 0 Å². The van der Waals surface area contributed by atoms with E-state index in [9.17, 15) is 23.1 Å². The minimum atomic E-state index is -3.90. The van der Waals surface area contributed by atoms with E-state index in [0.29, 0.717) is 5.56 Å². The van der Waals surface area contributed by atoms with Crippen molar-refractivity contribution in [1.82, 2.24) is 4.72 Å². The summed E-state index contributed by atoms with van der Waals surface area (Å²) in [7, 11) is -3.90. The zero-order valence-corrected chi connectivity index (χ0v) is 14.3. The molecule has 1 heterocycles. The highest BCUT2D eigenvalue weighted by atomic mass is 32.2. The van der Waals surface area contributed by atoms with Crippen LogP contribution in [0.15, 0.2) is 29.2 Å². The van der Waals surface area contributed by atoms with E-state index in [1.807, 2.05) is 0 Å². The molecule has 2 N–H and O–H groups in total. The van der Waals surface area contributed by atoms with E-state index in [1.165, 1.54) is 18.2 Å². The molecule has 0 bridgehead atoms. The highest BCUT2D eigenvalue weighted by Gasteiger charge is 2.41. The van der Waals surface area contributed by atoms with E-state index in [1.54, 1.807) is 13.0 Å². The van der Waals surface area contributed by atoms with E-state index in [4.69, 9.17) is 4.74 Å². The third-order valence-electron chi connectivity index (χ3n) is 4.29. The number of carboxylic acids is 1. The lowest BCUT2D eigenvalue weighted by molar-refractivity contribution is -0.154. The van der Waals surface area contributed by atoms with Gasteiger partial charge in [0.25, 0.3) is 0 Å². The number of nitrogens with one attached hydrogen (secondary N) is 1. The number of carboxylic acid groups (broad SMARTS) is 1. The van der Waals surface area contributed by atoms with Crippen molar-refractivity contribution >= 4 is 21.8 Å². The average Bonchev–Trinajstić information content (AvgIpc) is 2.60. The molecule has 0 saturated carbocycles. The lowest BCUT2D eigenvalue weighted by Gasteiger charge is -2.33. The molecule has 0 aliphatic carbocycles. The van der Waals surface area contributed by atoms with Gasteiger partial charge in [-0.3, -0.25) is 9.59 Å². The number of sulfonamides is 1. The summed E-state index contributed by atoms with van der Waals surface area (Å²) in [6, 6.07) is 5.75. The highest BCUT2D eigenvalue weighted by Crippen LogP contribution is 2.30. The fourth-order valence-electron chi connectivity index (χ4n) is 2.59. The van der Waals surface area contributed by atoms with Crippen LogP contribution in [0.1, 0.15) is 36.5 Å². The fourth-order valence-corrected chi connectivity index (χ4v) is 3.76. The van der Waals surface area contributed by atoms with Gasteiger partial charge < -0.3 is 9.84 Å². The summed E-state index contributed by atoms with van der Waals surface area (Å²) >= 11 is 0. The van der Waals surface area contributed by atoms with Crippen LogP contribution in [-0.2, 0) is 19.6 Å². The number of carbonyl (C=O) groups is 2. The molecule has 2 rings (SSSR count). The van der Waals surface area contributed by atoms with Gasteiger partial charge in [0.1, 0.15) is 0 Å². The third-order valence-corrected chi connectivity index (χ3v) is 5.69.